The fourth-order valence-electron chi connectivity index (χ4n) is 2.83. The van der Waals surface area contributed by atoms with E-state index in [-0.39, 0.29) is 12.1 Å². The summed E-state index contributed by atoms with van der Waals surface area (Å²) in [7, 11) is 0. The Balaban J connectivity index is 1.82. The van der Waals surface area contributed by atoms with Gasteiger partial charge in [-0.15, -0.1) is 0 Å². The van der Waals surface area contributed by atoms with Gasteiger partial charge in [-0.1, -0.05) is 48.9 Å². The normalized spacial score (nSPS) is 18.1. The van der Waals surface area contributed by atoms with Gasteiger partial charge in [0, 0.05) is 11.4 Å². The number of ether oxygens (including phenoxy) is 1. The van der Waals surface area contributed by atoms with Crippen LogP contribution in [-0.2, 0) is 6.42 Å². The lowest BCUT2D eigenvalue weighted by Crippen LogP contribution is -2.35. The Labute approximate surface area is 131 Å². The van der Waals surface area contributed by atoms with Gasteiger partial charge in [-0.25, -0.2) is 0 Å². The van der Waals surface area contributed by atoms with Gasteiger partial charge in [0.2, 0.25) is 0 Å². The second-order valence-electron chi connectivity index (χ2n) is 5.45. The van der Waals surface area contributed by atoms with E-state index in [0.717, 1.165) is 30.2 Å². The summed E-state index contributed by atoms with van der Waals surface area (Å²) >= 11 is 6.00. The molecule has 110 valence electrons. The lowest BCUT2D eigenvalue weighted by Gasteiger charge is -2.25. The van der Waals surface area contributed by atoms with Crippen LogP contribution in [0.1, 0.15) is 30.5 Å². The van der Waals surface area contributed by atoms with Crippen LogP contribution in [0, 0.1) is 0 Å². The molecule has 0 saturated heterocycles. The largest absolute Gasteiger partial charge is 0.488 e. The van der Waals surface area contributed by atoms with Gasteiger partial charge in [0.1, 0.15) is 11.9 Å². The van der Waals surface area contributed by atoms with E-state index in [1.807, 2.05) is 24.3 Å². The minimum atomic E-state index is 0.134. The highest BCUT2D eigenvalue weighted by Gasteiger charge is 2.30. The maximum atomic E-state index is 6.16. The van der Waals surface area contributed by atoms with E-state index in [1.165, 1.54) is 11.1 Å². The van der Waals surface area contributed by atoms with Crippen molar-refractivity contribution in [3.8, 4) is 5.75 Å². The van der Waals surface area contributed by atoms with Crippen molar-refractivity contribution in [3.63, 3.8) is 0 Å². The van der Waals surface area contributed by atoms with Crippen LogP contribution in [0.5, 0.6) is 5.75 Å². The molecule has 0 fully saturated rings. The van der Waals surface area contributed by atoms with Crippen LogP contribution in [0.4, 0.5) is 0 Å². The van der Waals surface area contributed by atoms with E-state index in [2.05, 4.69) is 36.5 Å². The third kappa shape index (κ3) is 3.22. The summed E-state index contributed by atoms with van der Waals surface area (Å²) in [5, 5.41) is 4.38. The van der Waals surface area contributed by atoms with Crippen molar-refractivity contribution in [1.82, 2.24) is 5.32 Å². The topological polar surface area (TPSA) is 21.3 Å². The van der Waals surface area contributed by atoms with Crippen LogP contribution < -0.4 is 10.1 Å². The maximum Gasteiger partial charge on any atom is 0.123 e. The summed E-state index contributed by atoms with van der Waals surface area (Å²) in [5.74, 6) is 1.01. The molecule has 2 aromatic rings. The fourth-order valence-corrected chi connectivity index (χ4v) is 2.95. The molecule has 2 aromatic carbocycles. The first-order chi connectivity index (χ1) is 10.3. The predicted molar refractivity (Wildman–Crippen MR) is 87.0 cm³/mol. The molecule has 1 N–H and O–H groups in total. The molecule has 2 atom stereocenters. The van der Waals surface area contributed by atoms with E-state index >= 15 is 0 Å². The summed E-state index contributed by atoms with van der Waals surface area (Å²) in [6.07, 6.45) is 2.18. The van der Waals surface area contributed by atoms with Gasteiger partial charge in [-0.2, -0.15) is 0 Å². The van der Waals surface area contributed by atoms with Crippen molar-refractivity contribution in [2.45, 2.75) is 31.9 Å². The fraction of sp³-hybridized carbons (Fsp3) is 0.333. The molecule has 1 heterocycles. The van der Waals surface area contributed by atoms with Crippen molar-refractivity contribution >= 4 is 11.6 Å². The lowest BCUT2D eigenvalue weighted by molar-refractivity contribution is 0.178. The smallest absolute Gasteiger partial charge is 0.123 e. The summed E-state index contributed by atoms with van der Waals surface area (Å²) < 4.78 is 6.16. The first-order valence-corrected chi connectivity index (χ1v) is 7.89. The molecule has 0 radical (unpaired) electrons. The van der Waals surface area contributed by atoms with Crippen molar-refractivity contribution in [2.75, 3.05) is 6.54 Å². The van der Waals surface area contributed by atoms with Gasteiger partial charge in [0.15, 0.2) is 0 Å². The monoisotopic (exact) mass is 301 g/mol. The van der Waals surface area contributed by atoms with E-state index < -0.39 is 0 Å². The first kappa shape index (κ1) is 14.4. The third-order valence-corrected chi connectivity index (χ3v) is 4.14. The van der Waals surface area contributed by atoms with Crippen LogP contribution >= 0.6 is 11.6 Å². The highest BCUT2D eigenvalue weighted by atomic mass is 35.5. The van der Waals surface area contributed by atoms with Crippen molar-refractivity contribution in [2.24, 2.45) is 0 Å². The summed E-state index contributed by atoms with van der Waals surface area (Å²) in [5.41, 5.74) is 2.52. The lowest BCUT2D eigenvalue weighted by atomic mass is 9.97. The van der Waals surface area contributed by atoms with E-state index in [0.29, 0.717) is 0 Å². The molecule has 3 rings (SSSR count). The maximum absolute atomic E-state index is 6.16. The van der Waals surface area contributed by atoms with Crippen molar-refractivity contribution < 1.29 is 4.74 Å². The van der Waals surface area contributed by atoms with E-state index in [1.54, 1.807) is 0 Å². The van der Waals surface area contributed by atoms with Crippen LogP contribution in [0.3, 0.4) is 0 Å². The summed E-state index contributed by atoms with van der Waals surface area (Å²) in [6.45, 7) is 3.15. The number of nitrogens with one attached hydrogen (secondary N) is 1. The molecule has 1 aliphatic heterocycles. The minimum absolute atomic E-state index is 0.134. The Morgan fingerprint density at radius 2 is 1.95 bits per heavy atom. The van der Waals surface area contributed by atoms with Crippen LogP contribution in [0.15, 0.2) is 48.5 Å². The molecule has 0 amide bonds. The van der Waals surface area contributed by atoms with Crippen molar-refractivity contribution in [1.29, 1.82) is 0 Å². The van der Waals surface area contributed by atoms with E-state index in [9.17, 15) is 0 Å². The zero-order valence-corrected chi connectivity index (χ0v) is 12.9. The number of fused-ring (bicyclic) bond motifs is 1. The Bertz CT molecular complexity index is 571. The van der Waals surface area contributed by atoms with Gasteiger partial charge >= 0.3 is 0 Å². The highest BCUT2D eigenvalue weighted by molar-refractivity contribution is 6.30. The molecular weight excluding hydrogens is 282 g/mol. The average molecular weight is 302 g/mol. The Morgan fingerprint density at radius 1 is 1.19 bits per heavy atom. The summed E-state index contributed by atoms with van der Waals surface area (Å²) in [6, 6.07) is 16.5. The average Bonchev–Trinajstić information content (AvgIpc) is 2.93. The second-order valence-corrected chi connectivity index (χ2v) is 5.89. The standard InChI is InChI=1S/C18H20ClNO/c1-2-11-20-18(13-7-9-15(19)10-8-13)17-12-14-5-3-4-6-16(14)21-17/h3-10,17-18,20H,2,11-12H2,1H3. The quantitative estimate of drug-likeness (QED) is 0.884. The molecule has 2 nitrogen and oxygen atoms in total. The number of para-hydroxylation sites is 1. The summed E-state index contributed by atoms with van der Waals surface area (Å²) in [4.78, 5) is 0. The SMILES string of the molecule is CCCNC(c1ccc(Cl)cc1)C1Cc2ccccc2O1. The zero-order chi connectivity index (χ0) is 14.7. The molecule has 21 heavy (non-hydrogen) atoms. The predicted octanol–water partition coefficient (Wildman–Crippen LogP) is 4.38. The Kier molecular flexibility index (Phi) is 4.47. The molecule has 0 bridgehead atoms. The van der Waals surface area contributed by atoms with E-state index in [4.69, 9.17) is 16.3 Å². The van der Waals surface area contributed by atoms with Gasteiger partial charge in [-0.3, -0.25) is 0 Å². The van der Waals surface area contributed by atoms with Crippen LogP contribution in [0.25, 0.3) is 0 Å². The van der Waals surface area contributed by atoms with Crippen molar-refractivity contribution in [3.05, 3.63) is 64.7 Å². The number of benzene rings is 2. The number of rotatable bonds is 5. The Morgan fingerprint density at radius 3 is 2.67 bits per heavy atom. The van der Waals surface area contributed by atoms with Gasteiger partial charge in [-0.05, 0) is 42.3 Å². The molecule has 0 aliphatic carbocycles. The Hall–Kier alpha value is -1.51. The molecule has 3 heteroatoms. The number of hydrogen-bond acceptors (Lipinski definition) is 2. The number of hydrogen-bond donors (Lipinski definition) is 1. The number of halogens is 1. The molecule has 0 spiro atoms. The minimum Gasteiger partial charge on any atom is -0.488 e. The third-order valence-electron chi connectivity index (χ3n) is 3.89. The van der Waals surface area contributed by atoms with Crippen LogP contribution in [0.2, 0.25) is 5.02 Å². The van der Waals surface area contributed by atoms with Crippen LogP contribution in [-0.4, -0.2) is 12.6 Å². The first-order valence-electron chi connectivity index (χ1n) is 7.51. The molecule has 1 aliphatic rings. The molecule has 0 saturated carbocycles. The van der Waals surface area contributed by atoms with Gasteiger partial charge < -0.3 is 10.1 Å². The second kappa shape index (κ2) is 6.50. The molecular formula is C18H20ClNO. The molecule has 0 aromatic heterocycles. The highest BCUT2D eigenvalue weighted by Crippen LogP contribution is 2.34. The molecule has 2 unspecified atom stereocenters. The van der Waals surface area contributed by atoms with Gasteiger partial charge in [0.25, 0.3) is 0 Å². The van der Waals surface area contributed by atoms with Gasteiger partial charge in [0.05, 0.1) is 6.04 Å². The zero-order valence-electron chi connectivity index (χ0n) is 12.2.